The summed E-state index contributed by atoms with van der Waals surface area (Å²) >= 11 is 0. The van der Waals surface area contributed by atoms with Gasteiger partial charge in [0.1, 0.15) is 0 Å². The van der Waals surface area contributed by atoms with Gasteiger partial charge in [0.25, 0.3) is 0 Å². The lowest BCUT2D eigenvalue weighted by Gasteiger charge is -2.29. The monoisotopic (exact) mass is 199 g/mol. The average Bonchev–Trinajstić information content (AvgIpc) is 2.26. The molecule has 2 nitrogen and oxygen atoms in total. The molecule has 1 aliphatic carbocycles. The molecular formula is C12H25NO. The van der Waals surface area contributed by atoms with Crippen molar-refractivity contribution in [2.75, 3.05) is 6.54 Å². The lowest BCUT2D eigenvalue weighted by Crippen LogP contribution is -2.38. The third-order valence-electron chi connectivity index (χ3n) is 3.47. The average molecular weight is 199 g/mol. The maximum absolute atomic E-state index is 9.45. The van der Waals surface area contributed by atoms with Gasteiger partial charge in [-0.1, -0.05) is 33.1 Å². The molecular weight excluding hydrogens is 174 g/mol. The van der Waals surface area contributed by atoms with E-state index < -0.39 is 0 Å². The molecule has 0 aromatic heterocycles. The van der Waals surface area contributed by atoms with Crippen molar-refractivity contribution < 1.29 is 5.11 Å². The molecule has 1 aliphatic rings. The molecule has 3 atom stereocenters. The van der Waals surface area contributed by atoms with Crippen LogP contribution >= 0.6 is 0 Å². The first kappa shape index (κ1) is 12.0. The van der Waals surface area contributed by atoms with Crippen molar-refractivity contribution in [3.63, 3.8) is 0 Å². The Kier molecular flexibility index (Phi) is 5.49. The van der Waals surface area contributed by atoms with Crippen molar-refractivity contribution in [1.82, 2.24) is 5.32 Å². The topological polar surface area (TPSA) is 32.3 Å². The largest absolute Gasteiger partial charge is 0.392 e. The molecule has 0 bridgehead atoms. The Bertz CT molecular complexity index is 149. The van der Waals surface area contributed by atoms with Crippen LogP contribution in [0.3, 0.4) is 0 Å². The van der Waals surface area contributed by atoms with Gasteiger partial charge in [0.05, 0.1) is 6.10 Å². The molecule has 0 aliphatic heterocycles. The molecule has 0 saturated heterocycles. The van der Waals surface area contributed by atoms with Crippen molar-refractivity contribution in [2.24, 2.45) is 5.92 Å². The predicted molar refractivity (Wildman–Crippen MR) is 60.3 cm³/mol. The second-order valence-electron chi connectivity index (χ2n) is 4.61. The molecule has 1 saturated carbocycles. The molecule has 0 amide bonds. The number of nitrogens with one attached hydrogen (secondary N) is 1. The van der Waals surface area contributed by atoms with Gasteiger partial charge in [-0.05, 0) is 25.2 Å². The minimum absolute atomic E-state index is 0.156. The van der Waals surface area contributed by atoms with Crippen LogP contribution in [0.1, 0.15) is 52.4 Å². The van der Waals surface area contributed by atoms with E-state index in [4.69, 9.17) is 0 Å². The molecule has 14 heavy (non-hydrogen) atoms. The van der Waals surface area contributed by atoms with Crippen molar-refractivity contribution in [2.45, 2.75) is 64.5 Å². The molecule has 1 fully saturated rings. The van der Waals surface area contributed by atoms with Gasteiger partial charge in [0, 0.05) is 12.6 Å². The Hall–Kier alpha value is -0.0800. The molecule has 0 heterocycles. The van der Waals surface area contributed by atoms with Crippen molar-refractivity contribution in [3.8, 4) is 0 Å². The van der Waals surface area contributed by atoms with E-state index in [1.807, 2.05) is 6.92 Å². The lowest BCUT2D eigenvalue weighted by atomic mass is 9.84. The van der Waals surface area contributed by atoms with E-state index in [1.165, 1.54) is 32.1 Å². The molecule has 0 radical (unpaired) electrons. The first-order chi connectivity index (χ1) is 6.76. The van der Waals surface area contributed by atoms with E-state index in [9.17, 15) is 5.11 Å². The Morgan fingerprint density at radius 2 is 2.14 bits per heavy atom. The molecule has 0 aromatic carbocycles. The van der Waals surface area contributed by atoms with Gasteiger partial charge in [-0.2, -0.15) is 0 Å². The Balaban J connectivity index is 2.17. The fourth-order valence-electron chi connectivity index (χ4n) is 2.29. The quantitative estimate of drug-likeness (QED) is 0.712. The fraction of sp³-hybridized carbons (Fsp3) is 1.00. The van der Waals surface area contributed by atoms with Crippen LogP contribution in [0.25, 0.3) is 0 Å². The van der Waals surface area contributed by atoms with Crippen LogP contribution in [0.4, 0.5) is 0 Å². The van der Waals surface area contributed by atoms with E-state index >= 15 is 0 Å². The number of aliphatic hydroxyl groups is 1. The van der Waals surface area contributed by atoms with Gasteiger partial charge >= 0.3 is 0 Å². The third-order valence-corrected chi connectivity index (χ3v) is 3.47. The highest BCUT2D eigenvalue weighted by Crippen LogP contribution is 2.26. The Labute approximate surface area is 88.1 Å². The highest BCUT2D eigenvalue weighted by Gasteiger charge is 2.20. The molecule has 0 aromatic rings. The maximum atomic E-state index is 9.45. The van der Waals surface area contributed by atoms with Crippen LogP contribution in [0, 0.1) is 5.92 Å². The van der Waals surface area contributed by atoms with Crippen LogP contribution in [0.2, 0.25) is 0 Å². The first-order valence-corrected chi connectivity index (χ1v) is 6.17. The zero-order valence-corrected chi connectivity index (χ0v) is 9.63. The summed E-state index contributed by atoms with van der Waals surface area (Å²) in [6, 6.07) is 0.662. The summed E-state index contributed by atoms with van der Waals surface area (Å²) < 4.78 is 0. The van der Waals surface area contributed by atoms with Gasteiger partial charge in [0.15, 0.2) is 0 Å². The predicted octanol–water partition coefficient (Wildman–Crippen LogP) is 2.32. The summed E-state index contributed by atoms with van der Waals surface area (Å²) in [6.07, 6.45) is 7.39. The third kappa shape index (κ3) is 3.97. The second kappa shape index (κ2) is 6.41. The summed E-state index contributed by atoms with van der Waals surface area (Å²) in [5.41, 5.74) is 0. The van der Waals surface area contributed by atoms with E-state index in [0.717, 1.165) is 18.9 Å². The van der Waals surface area contributed by atoms with Gasteiger partial charge in [-0.3, -0.25) is 0 Å². The maximum Gasteiger partial charge on any atom is 0.0662 e. The highest BCUT2D eigenvalue weighted by molar-refractivity contribution is 4.78. The molecule has 3 unspecified atom stereocenters. The van der Waals surface area contributed by atoms with Crippen LogP contribution in [0.5, 0.6) is 0 Å². The number of aliphatic hydroxyl groups excluding tert-OH is 1. The number of hydrogen-bond acceptors (Lipinski definition) is 2. The highest BCUT2D eigenvalue weighted by atomic mass is 16.3. The van der Waals surface area contributed by atoms with E-state index in [2.05, 4.69) is 12.2 Å². The van der Waals surface area contributed by atoms with E-state index in [1.54, 1.807) is 0 Å². The second-order valence-corrected chi connectivity index (χ2v) is 4.61. The van der Waals surface area contributed by atoms with E-state index in [0.29, 0.717) is 6.04 Å². The number of rotatable bonds is 5. The van der Waals surface area contributed by atoms with Crippen LogP contribution in [-0.4, -0.2) is 23.8 Å². The zero-order chi connectivity index (χ0) is 10.4. The van der Waals surface area contributed by atoms with E-state index in [-0.39, 0.29) is 6.10 Å². The normalized spacial score (nSPS) is 30.2. The zero-order valence-electron chi connectivity index (χ0n) is 9.63. The first-order valence-electron chi connectivity index (χ1n) is 6.17. The molecule has 2 heteroatoms. The van der Waals surface area contributed by atoms with Crippen molar-refractivity contribution in [3.05, 3.63) is 0 Å². The van der Waals surface area contributed by atoms with Gasteiger partial charge in [0.2, 0.25) is 0 Å². The van der Waals surface area contributed by atoms with Gasteiger partial charge < -0.3 is 10.4 Å². The summed E-state index contributed by atoms with van der Waals surface area (Å²) in [4.78, 5) is 0. The number of hydrogen-bond donors (Lipinski definition) is 2. The lowest BCUT2D eigenvalue weighted by molar-refractivity contribution is 0.154. The molecule has 84 valence electrons. The molecule has 0 spiro atoms. The van der Waals surface area contributed by atoms with Crippen LogP contribution < -0.4 is 5.32 Å². The Morgan fingerprint density at radius 3 is 2.79 bits per heavy atom. The summed E-state index contributed by atoms with van der Waals surface area (Å²) in [5.74, 6) is 0.917. The van der Waals surface area contributed by atoms with Gasteiger partial charge in [-0.25, -0.2) is 0 Å². The smallest absolute Gasteiger partial charge is 0.0662 e. The fourth-order valence-corrected chi connectivity index (χ4v) is 2.29. The molecule has 1 rings (SSSR count). The SMILES string of the molecule is CCC(O)CNC1CCCC(CC)C1. The van der Waals surface area contributed by atoms with Crippen molar-refractivity contribution in [1.29, 1.82) is 0 Å². The Morgan fingerprint density at radius 1 is 1.36 bits per heavy atom. The van der Waals surface area contributed by atoms with Crippen LogP contribution in [0.15, 0.2) is 0 Å². The summed E-state index contributed by atoms with van der Waals surface area (Å²) in [7, 11) is 0. The summed E-state index contributed by atoms with van der Waals surface area (Å²) in [6.45, 7) is 5.09. The minimum atomic E-state index is -0.156. The van der Waals surface area contributed by atoms with Gasteiger partial charge in [-0.15, -0.1) is 0 Å². The minimum Gasteiger partial charge on any atom is -0.392 e. The standard InChI is InChI=1S/C12H25NO/c1-3-10-6-5-7-11(8-10)13-9-12(14)4-2/h10-14H,3-9H2,1-2H3. The van der Waals surface area contributed by atoms with Crippen molar-refractivity contribution >= 4 is 0 Å². The molecule has 2 N–H and O–H groups in total. The summed E-state index contributed by atoms with van der Waals surface area (Å²) in [5, 5.41) is 12.9. The van der Waals surface area contributed by atoms with Crippen LogP contribution in [-0.2, 0) is 0 Å².